The smallest absolute Gasteiger partial charge is 0.264 e. The van der Waals surface area contributed by atoms with Gasteiger partial charge >= 0.3 is 0 Å². The van der Waals surface area contributed by atoms with Gasteiger partial charge in [0.25, 0.3) is 5.89 Å². The zero-order valence-corrected chi connectivity index (χ0v) is 10.8. The van der Waals surface area contributed by atoms with E-state index in [1.165, 1.54) is 0 Å². The third kappa shape index (κ3) is 3.72. The van der Waals surface area contributed by atoms with Crippen molar-refractivity contribution in [1.29, 1.82) is 0 Å². The Morgan fingerprint density at radius 1 is 1.44 bits per heavy atom. The van der Waals surface area contributed by atoms with Crippen molar-refractivity contribution in [3.8, 4) is 5.75 Å². The number of aromatic nitrogens is 2. The Bertz CT molecular complexity index is 502. The van der Waals surface area contributed by atoms with E-state index in [0.717, 1.165) is 13.0 Å². The minimum atomic E-state index is 0.243. The standard InChI is InChI=1S/C12H14ClN3O2/c1-14-6-5-11-15-12(18-16-11)8-17-10-4-2-3-9(13)7-10/h2-4,7,14H,5-6,8H2,1H3. The Labute approximate surface area is 110 Å². The third-order valence-electron chi connectivity index (χ3n) is 2.27. The van der Waals surface area contributed by atoms with E-state index in [-0.39, 0.29) is 6.61 Å². The molecule has 0 bridgehead atoms. The summed E-state index contributed by atoms with van der Waals surface area (Å²) in [5.74, 6) is 1.81. The molecule has 0 saturated heterocycles. The first-order chi connectivity index (χ1) is 8.78. The molecule has 0 amide bonds. The van der Waals surface area contributed by atoms with Gasteiger partial charge in [0, 0.05) is 18.0 Å². The number of hydrogen-bond donors (Lipinski definition) is 1. The van der Waals surface area contributed by atoms with Gasteiger partial charge in [0.2, 0.25) is 0 Å². The van der Waals surface area contributed by atoms with Crippen LogP contribution in [0.25, 0.3) is 0 Å². The third-order valence-corrected chi connectivity index (χ3v) is 2.50. The van der Waals surface area contributed by atoms with Crippen LogP contribution in [0.5, 0.6) is 5.75 Å². The predicted molar refractivity (Wildman–Crippen MR) is 67.7 cm³/mol. The topological polar surface area (TPSA) is 60.2 Å². The maximum absolute atomic E-state index is 5.85. The van der Waals surface area contributed by atoms with Crippen molar-refractivity contribution >= 4 is 11.6 Å². The van der Waals surface area contributed by atoms with Crippen molar-refractivity contribution in [3.05, 3.63) is 41.0 Å². The number of likely N-dealkylation sites (N-methyl/N-ethyl adjacent to an activating group) is 1. The molecule has 1 N–H and O–H groups in total. The Kier molecular flexibility index (Phi) is 4.55. The highest BCUT2D eigenvalue weighted by Crippen LogP contribution is 2.18. The largest absolute Gasteiger partial charge is 0.484 e. The molecule has 2 aromatic rings. The summed E-state index contributed by atoms with van der Waals surface area (Å²) in [6, 6.07) is 7.17. The lowest BCUT2D eigenvalue weighted by Crippen LogP contribution is -2.11. The van der Waals surface area contributed by atoms with Gasteiger partial charge in [-0.3, -0.25) is 0 Å². The molecule has 0 atom stereocenters. The Hall–Kier alpha value is -1.59. The van der Waals surface area contributed by atoms with Crippen molar-refractivity contribution in [3.63, 3.8) is 0 Å². The highest BCUT2D eigenvalue weighted by atomic mass is 35.5. The molecule has 0 saturated carbocycles. The van der Waals surface area contributed by atoms with Gasteiger partial charge in [-0.15, -0.1) is 0 Å². The van der Waals surface area contributed by atoms with Crippen LogP contribution in [-0.2, 0) is 13.0 Å². The normalized spacial score (nSPS) is 10.6. The molecule has 18 heavy (non-hydrogen) atoms. The second-order valence-corrected chi connectivity index (χ2v) is 4.14. The number of hydrogen-bond acceptors (Lipinski definition) is 5. The summed E-state index contributed by atoms with van der Waals surface area (Å²) in [6.45, 7) is 1.06. The van der Waals surface area contributed by atoms with E-state index in [2.05, 4.69) is 15.5 Å². The highest BCUT2D eigenvalue weighted by molar-refractivity contribution is 6.30. The first kappa shape index (κ1) is 12.9. The Morgan fingerprint density at radius 3 is 3.11 bits per heavy atom. The summed E-state index contributed by atoms with van der Waals surface area (Å²) in [5.41, 5.74) is 0. The summed E-state index contributed by atoms with van der Waals surface area (Å²) in [6.07, 6.45) is 0.733. The molecule has 0 spiro atoms. The molecule has 1 heterocycles. The zero-order chi connectivity index (χ0) is 12.8. The fourth-order valence-electron chi connectivity index (χ4n) is 1.39. The van der Waals surface area contributed by atoms with Gasteiger partial charge in [-0.1, -0.05) is 22.8 Å². The lowest BCUT2D eigenvalue weighted by molar-refractivity contribution is 0.242. The highest BCUT2D eigenvalue weighted by Gasteiger charge is 2.06. The van der Waals surface area contributed by atoms with Crippen LogP contribution >= 0.6 is 11.6 Å². The van der Waals surface area contributed by atoms with E-state index in [1.807, 2.05) is 19.2 Å². The van der Waals surface area contributed by atoms with Crippen molar-refractivity contribution in [2.24, 2.45) is 0 Å². The fraction of sp³-hybridized carbons (Fsp3) is 0.333. The molecule has 0 aliphatic rings. The second kappa shape index (κ2) is 6.37. The van der Waals surface area contributed by atoms with E-state index in [4.69, 9.17) is 20.9 Å². The van der Waals surface area contributed by atoms with E-state index in [1.54, 1.807) is 12.1 Å². The number of nitrogens with zero attached hydrogens (tertiary/aromatic N) is 2. The van der Waals surface area contributed by atoms with E-state index in [0.29, 0.717) is 22.5 Å². The number of benzene rings is 1. The van der Waals surface area contributed by atoms with Crippen LogP contribution in [0.3, 0.4) is 0 Å². The van der Waals surface area contributed by atoms with Gasteiger partial charge in [-0.05, 0) is 25.2 Å². The molecule has 0 aliphatic carbocycles. The van der Waals surface area contributed by atoms with Crippen LogP contribution in [0.1, 0.15) is 11.7 Å². The van der Waals surface area contributed by atoms with Crippen molar-refractivity contribution in [2.75, 3.05) is 13.6 Å². The fourth-order valence-corrected chi connectivity index (χ4v) is 1.57. The number of halogens is 1. The van der Waals surface area contributed by atoms with Gasteiger partial charge in [0.05, 0.1) is 0 Å². The lowest BCUT2D eigenvalue weighted by Gasteiger charge is -2.02. The first-order valence-corrected chi connectivity index (χ1v) is 6.00. The van der Waals surface area contributed by atoms with Crippen LogP contribution in [-0.4, -0.2) is 23.7 Å². The van der Waals surface area contributed by atoms with Crippen molar-refractivity contribution in [2.45, 2.75) is 13.0 Å². The molecule has 5 nitrogen and oxygen atoms in total. The molecule has 2 rings (SSSR count). The molecule has 0 radical (unpaired) electrons. The number of ether oxygens (including phenoxy) is 1. The number of nitrogens with one attached hydrogen (secondary N) is 1. The minimum absolute atomic E-state index is 0.243. The molecule has 96 valence electrons. The molecule has 6 heteroatoms. The van der Waals surface area contributed by atoms with Crippen LogP contribution in [0.2, 0.25) is 5.02 Å². The molecule has 0 unspecified atom stereocenters. The zero-order valence-electron chi connectivity index (χ0n) is 10.0. The molecule has 1 aromatic heterocycles. The minimum Gasteiger partial charge on any atom is -0.484 e. The van der Waals surface area contributed by atoms with Gasteiger partial charge in [0.15, 0.2) is 12.4 Å². The van der Waals surface area contributed by atoms with Gasteiger partial charge in [-0.25, -0.2) is 0 Å². The number of rotatable bonds is 6. The summed E-state index contributed by atoms with van der Waals surface area (Å²) in [7, 11) is 1.88. The SMILES string of the molecule is CNCCc1noc(COc2cccc(Cl)c2)n1. The Balaban J connectivity index is 1.88. The quantitative estimate of drug-likeness (QED) is 0.868. The molecule has 0 fully saturated rings. The molecular weight excluding hydrogens is 254 g/mol. The summed E-state index contributed by atoms with van der Waals surface area (Å²) in [5, 5.41) is 7.51. The van der Waals surface area contributed by atoms with Crippen molar-refractivity contribution < 1.29 is 9.26 Å². The van der Waals surface area contributed by atoms with Crippen LogP contribution in [0, 0.1) is 0 Å². The maximum atomic E-state index is 5.85. The Morgan fingerprint density at radius 2 is 2.33 bits per heavy atom. The molecular formula is C12H14ClN3O2. The average molecular weight is 268 g/mol. The summed E-state index contributed by atoms with van der Waals surface area (Å²) >= 11 is 5.85. The van der Waals surface area contributed by atoms with Gasteiger partial charge in [-0.2, -0.15) is 4.98 Å². The van der Waals surface area contributed by atoms with Gasteiger partial charge < -0.3 is 14.6 Å². The second-order valence-electron chi connectivity index (χ2n) is 3.70. The predicted octanol–water partition coefficient (Wildman–Crippen LogP) is 2.06. The maximum Gasteiger partial charge on any atom is 0.264 e. The summed E-state index contributed by atoms with van der Waals surface area (Å²) < 4.78 is 10.6. The molecule has 1 aromatic carbocycles. The first-order valence-electron chi connectivity index (χ1n) is 5.62. The van der Waals surface area contributed by atoms with Gasteiger partial charge in [0.1, 0.15) is 5.75 Å². The van der Waals surface area contributed by atoms with Crippen molar-refractivity contribution in [1.82, 2.24) is 15.5 Å². The molecule has 0 aliphatic heterocycles. The van der Waals surface area contributed by atoms with Crippen LogP contribution < -0.4 is 10.1 Å². The lowest BCUT2D eigenvalue weighted by atomic mass is 10.3. The van der Waals surface area contributed by atoms with E-state index in [9.17, 15) is 0 Å². The van der Waals surface area contributed by atoms with E-state index >= 15 is 0 Å². The summed E-state index contributed by atoms with van der Waals surface area (Å²) in [4.78, 5) is 4.21. The van der Waals surface area contributed by atoms with Crippen LogP contribution in [0.4, 0.5) is 0 Å². The van der Waals surface area contributed by atoms with Crippen LogP contribution in [0.15, 0.2) is 28.8 Å². The van der Waals surface area contributed by atoms with E-state index < -0.39 is 0 Å². The monoisotopic (exact) mass is 267 g/mol. The average Bonchev–Trinajstić information content (AvgIpc) is 2.82.